The van der Waals surface area contributed by atoms with Crippen LogP contribution in [-0.4, -0.2) is 28.3 Å². The smallest absolute Gasteiger partial charge is 0.110 e. The number of ether oxygens (including phenoxy) is 1. The zero-order valence-electron chi connectivity index (χ0n) is 11.5. The Morgan fingerprint density at radius 3 is 2.89 bits per heavy atom. The number of nitrogens with zero attached hydrogens (tertiary/aromatic N) is 2. The standard InChI is InChI=1S/C14H25N3O/c1-3-8-17-9-7-16-13(17)10-12(15)14(18-4-2)11-5-6-11/h7,9,11-12,14H,3-6,8,10,15H2,1-2H3. The van der Waals surface area contributed by atoms with Crippen LogP contribution in [0.3, 0.4) is 0 Å². The average Bonchev–Trinajstić information content (AvgIpc) is 3.10. The van der Waals surface area contributed by atoms with E-state index < -0.39 is 0 Å². The molecule has 1 aliphatic carbocycles. The Hall–Kier alpha value is -0.870. The highest BCUT2D eigenvalue weighted by Gasteiger charge is 2.36. The molecule has 0 spiro atoms. The van der Waals surface area contributed by atoms with Crippen LogP contribution < -0.4 is 5.73 Å². The first-order valence-electron chi connectivity index (χ1n) is 7.13. The summed E-state index contributed by atoms with van der Waals surface area (Å²) in [6.45, 7) is 5.99. The van der Waals surface area contributed by atoms with Crippen LogP contribution >= 0.6 is 0 Å². The molecule has 102 valence electrons. The Labute approximate surface area is 110 Å². The molecule has 0 aromatic carbocycles. The van der Waals surface area contributed by atoms with Crippen molar-refractivity contribution in [1.82, 2.24) is 9.55 Å². The van der Waals surface area contributed by atoms with Crippen molar-refractivity contribution in [3.05, 3.63) is 18.2 Å². The third-order valence-corrected chi connectivity index (χ3v) is 3.55. The van der Waals surface area contributed by atoms with Gasteiger partial charge in [-0.2, -0.15) is 0 Å². The number of rotatable bonds is 8. The SMILES string of the molecule is CCCn1ccnc1CC(N)C(OCC)C1CC1. The summed E-state index contributed by atoms with van der Waals surface area (Å²) in [7, 11) is 0. The Bertz CT molecular complexity index is 360. The lowest BCUT2D eigenvalue weighted by Gasteiger charge is -2.23. The third-order valence-electron chi connectivity index (χ3n) is 3.55. The predicted octanol–water partition coefficient (Wildman–Crippen LogP) is 1.98. The average molecular weight is 251 g/mol. The summed E-state index contributed by atoms with van der Waals surface area (Å²) in [4.78, 5) is 4.42. The van der Waals surface area contributed by atoms with Crippen LogP contribution in [0.15, 0.2) is 12.4 Å². The first-order valence-corrected chi connectivity index (χ1v) is 7.13. The van der Waals surface area contributed by atoms with Crippen molar-refractivity contribution in [2.75, 3.05) is 6.61 Å². The molecule has 1 saturated carbocycles. The molecule has 2 rings (SSSR count). The lowest BCUT2D eigenvalue weighted by Crippen LogP contribution is -2.40. The van der Waals surface area contributed by atoms with Gasteiger partial charge >= 0.3 is 0 Å². The lowest BCUT2D eigenvalue weighted by molar-refractivity contribution is 0.0282. The monoisotopic (exact) mass is 251 g/mol. The van der Waals surface area contributed by atoms with Crippen LogP contribution in [0, 0.1) is 5.92 Å². The summed E-state index contributed by atoms with van der Waals surface area (Å²) >= 11 is 0. The van der Waals surface area contributed by atoms with E-state index in [2.05, 4.69) is 16.5 Å². The van der Waals surface area contributed by atoms with Crippen LogP contribution in [0.2, 0.25) is 0 Å². The maximum absolute atomic E-state index is 6.32. The van der Waals surface area contributed by atoms with E-state index in [-0.39, 0.29) is 12.1 Å². The molecule has 1 aromatic heterocycles. The third kappa shape index (κ3) is 3.33. The predicted molar refractivity (Wildman–Crippen MR) is 72.3 cm³/mol. The van der Waals surface area contributed by atoms with Gasteiger partial charge in [0.1, 0.15) is 5.82 Å². The van der Waals surface area contributed by atoms with E-state index in [1.165, 1.54) is 12.8 Å². The minimum atomic E-state index is 0.0652. The molecule has 18 heavy (non-hydrogen) atoms. The summed E-state index contributed by atoms with van der Waals surface area (Å²) in [5, 5.41) is 0. The number of aryl methyl sites for hydroxylation is 1. The van der Waals surface area contributed by atoms with E-state index in [1.807, 2.05) is 19.3 Å². The summed E-state index contributed by atoms with van der Waals surface area (Å²) in [5.74, 6) is 1.77. The molecule has 0 aliphatic heterocycles. The highest BCUT2D eigenvalue weighted by molar-refractivity contribution is 4.99. The lowest BCUT2D eigenvalue weighted by atomic mass is 10.0. The maximum atomic E-state index is 6.32. The number of imidazole rings is 1. The van der Waals surface area contributed by atoms with Gasteiger partial charge in [-0.15, -0.1) is 0 Å². The molecule has 1 aromatic rings. The van der Waals surface area contributed by atoms with Crippen molar-refractivity contribution in [2.24, 2.45) is 11.7 Å². The van der Waals surface area contributed by atoms with Crippen molar-refractivity contribution in [1.29, 1.82) is 0 Å². The van der Waals surface area contributed by atoms with Gasteiger partial charge in [0.15, 0.2) is 0 Å². The first kappa shape index (κ1) is 13.6. The second-order valence-electron chi connectivity index (χ2n) is 5.16. The van der Waals surface area contributed by atoms with Crippen LogP contribution in [0.5, 0.6) is 0 Å². The molecular formula is C14H25N3O. The van der Waals surface area contributed by atoms with Gasteiger partial charge in [-0.1, -0.05) is 6.92 Å². The minimum absolute atomic E-state index is 0.0652. The fraction of sp³-hybridized carbons (Fsp3) is 0.786. The molecule has 1 heterocycles. The van der Waals surface area contributed by atoms with E-state index in [0.29, 0.717) is 5.92 Å². The van der Waals surface area contributed by atoms with E-state index in [0.717, 1.165) is 31.8 Å². The second-order valence-corrected chi connectivity index (χ2v) is 5.16. The molecule has 1 fully saturated rings. The number of aromatic nitrogens is 2. The Morgan fingerprint density at radius 1 is 1.50 bits per heavy atom. The molecule has 0 bridgehead atoms. The topological polar surface area (TPSA) is 53.1 Å². The van der Waals surface area contributed by atoms with Crippen LogP contribution in [0.1, 0.15) is 38.9 Å². The molecule has 2 N–H and O–H groups in total. The fourth-order valence-electron chi connectivity index (χ4n) is 2.53. The zero-order chi connectivity index (χ0) is 13.0. The van der Waals surface area contributed by atoms with Gasteiger partial charge in [-0.3, -0.25) is 0 Å². The maximum Gasteiger partial charge on any atom is 0.110 e. The number of hydrogen-bond donors (Lipinski definition) is 1. The first-order chi connectivity index (χ1) is 8.76. The van der Waals surface area contributed by atoms with Gasteiger partial charge in [0.2, 0.25) is 0 Å². The molecule has 1 aliphatic rings. The quantitative estimate of drug-likeness (QED) is 0.768. The van der Waals surface area contributed by atoms with E-state index in [9.17, 15) is 0 Å². The normalized spacial score (nSPS) is 18.8. The fourth-order valence-corrected chi connectivity index (χ4v) is 2.53. The molecule has 0 saturated heterocycles. The van der Waals surface area contributed by atoms with Crippen LogP contribution in [0.4, 0.5) is 0 Å². The van der Waals surface area contributed by atoms with E-state index in [4.69, 9.17) is 10.5 Å². The summed E-state index contributed by atoms with van der Waals surface area (Å²) in [6.07, 6.45) is 8.58. The molecule has 4 heteroatoms. The van der Waals surface area contributed by atoms with Gasteiger partial charge in [-0.25, -0.2) is 4.98 Å². The second kappa shape index (κ2) is 6.34. The number of hydrogen-bond acceptors (Lipinski definition) is 3. The Kier molecular flexibility index (Phi) is 4.78. The van der Waals surface area contributed by atoms with Crippen LogP contribution in [0.25, 0.3) is 0 Å². The highest BCUT2D eigenvalue weighted by atomic mass is 16.5. The minimum Gasteiger partial charge on any atom is -0.377 e. The summed E-state index contributed by atoms with van der Waals surface area (Å²) in [6, 6.07) is 0.0652. The van der Waals surface area contributed by atoms with Crippen molar-refractivity contribution >= 4 is 0 Å². The Morgan fingerprint density at radius 2 is 2.28 bits per heavy atom. The van der Waals surface area contributed by atoms with Crippen molar-refractivity contribution in [3.63, 3.8) is 0 Å². The molecular weight excluding hydrogens is 226 g/mol. The Balaban J connectivity index is 1.95. The molecule has 2 atom stereocenters. The molecule has 2 unspecified atom stereocenters. The summed E-state index contributed by atoms with van der Waals surface area (Å²) < 4.78 is 8.02. The van der Waals surface area contributed by atoms with Crippen LogP contribution in [-0.2, 0) is 17.7 Å². The van der Waals surface area contributed by atoms with Gasteiger partial charge in [0.25, 0.3) is 0 Å². The van der Waals surface area contributed by atoms with Crippen molar-refractivity contribution < 1.29 is 4.74 Å². The van der Waals surface area contributed by atoms with E-state index in [1.54, 1.807) is 0 Å². The van der Waals surface area contributed by atoms with Gasteiger partial charge in [0.05, 0.1) is 6.10 Å². The molecule has 0 radical (unpaired) electrons. The van der Waals surface area contributed by atoms with E-state index >= 15 is 0 Å². The van der Waals surface area contributed by atoms with Crippen molar-refractivity contribution in [3.8, 4) is 0 Å². The van der Waals surface area contributed by atoms with Gasteiger partial charge in [0, 0.05) is 38.0 Å². The summed E-state index contributed by atoms with van der Waals surface area (Å²) in [5.41, 5.74) is 6.32. The molecule has 4 nitrogen and oxygen atoms in total. The van der Waals surface area contributed by atoms with Crippen molar-refractivity contribution in [2.45, 2.75) is 58.2 Å². The highest BCUT2D eigenvalue weighted by Crippen LogP contribution is 2.35. The number of nitrogens with two attached hydrogens (primary N) is 1. The largest absolute Gasteiger partial charge is 0.377 e. The van der Waals surface area contributed by atoms with Gasteiger partial charge < -0.3 is 15.0 Å². The van der Waals surface area contributed by atoms with Gasteiger partial charge in [-0.05, 0) is 32.1 Å². The molecule has 0 amide bonds. The zero-order valence-corrected chi connectivity index (χ0v) is 11.5.